The summed E-state index contributed by atoms with van der Waals surface area (Å²) in [6, 6.07) is -0.248. The third-order valence-electron chi connectivity index (χ3n) is 4.22. The van der Waals surface area contributed by atoms with Gasteiger partial charge in [-0.3, -0.25) is 4.79 Å². The fourth-order valence-electron chi connectivity index (χ4n) is 3.10. The van der Waals surface area contributed by atoms with E-state index in [1.807, 2.05) is 17.7 Å². The van der Waals surface area contributed by atoms with Crippen LogP contribution in [0.5, 0.6) is 0 Å². The Labute approximate surface area is 134 Å². The van der Waals surface area contributed by atoms with Crippen LogP contribution in [0.15, 0.2) is 29.4 Å². The molecule has 0 radical (unpaired) electrons. The van der Waals surface area contributed by atoms with Crippen LogP contribution in [0.3, 0.4) is 0 Å². The number of oxazole rings is 1. The van der Waals surface area contributed by atoms with Gasteiger partial charge in [-0.15, -0.1) is 0 Å². The molecule has 2 aromatic heterocycles. The molecular formula is C16H22N4O3. The Balaban J connectivity index is 1.55. The zero-order chi connectivity index (χ0) is 16.2. The Morgan fingerprint density at radius 3 is 3.13 bits per heavy atom. The van der Waals surface area contributed by atoms with Gasteiger partial charge in [0.1, 0.15) is 6.26 Å². The number of carbonyl (C=O) groups is 1. The Morgan fingerprint density at radius 1 is 1.52 bits per heavy atom. The lowest BCUT2D eigenvalue weighted by Crippen LogP contribution is -2.40. The topological polar surface area (TPSA) is 93.2 Å². The maximum Gasteiger partial charge on any atom is 0.273 e. The summed E-state index contributed by atoms with van der Waals surface area (Å²) < 4.78 is 7.26. The van der Waals surface area contributed by atoms with Crippen LogP contribution in [0.25, 0.3) is 0 Å². The maximum absolute atomic E-state index is 12.2. The van der Waals surface area contributed by atoms with E-state index in [0.29, 0.717) is 24.7 Å². The SMILES string of the molecule is CCCc1nc(C(=O)N[C@@H]2CC(Cn3ccnc3)C[C@H]2O)co1. The second-order valence-corrected chi connectivity index (χ2v) is 6.12. The standard InChI is InChI=1S/C16H22N4O3/c1-2-3-15-18-13(9-23-15)16(22)19-12-6-11(7-14(12)21)8-20-5-4-17-10-20/h4-5,9-12,14,21H,2-3,6-8H2,1H3,(H,19,22)/t11?,12-,14-/m1/s1. The molecule has 1 aliphatic rings. The number of aromatic nitrogens is 3. The molecule has 0 saturated heterocycles. The summed E-state index contributed by atoms with van der Waals surface area (Å²) in [4.78, 5) is 20.4. The molecule has 3 atom stereocenters. The van der Waals surface area contributed by atoms with Crippen LogP contribution in [0.4, 0.5) is 0 Å². The minimum Gasteiger partial charge on any atom is -0.448 e. The third kappa shape index (κ3) is 3.79. The van der Waals surface area contributed by atoms with E-state index in [4.69, 9.17) is 4.42 Å². The fourth-order valence-corrected chi connectivity index (χ4v) is 3.10. The predicted molar refractivity (Wildman–Crippen MR) is 82.7 cm³/mol. The summed E-state index contributed by atoms with van der Waals surface area (Å²) in [6.07, 6.45) is 9.30. The number of aliphatic hydroxyl groups excluding tert-OH is 1. The van der Waals surface area contributed by atoms with Gasteiger partial charge >= 0.3 is 0 Å². The Kier molecular flexibility index (Phi) is 4.76. The van der Waals surface area contributed by atoms with Gasteiger partial charge in [0.15, 0.2) is 11.6 Å². The third-order valence-corrected chi connectivity index (χ3v) is 4.22. The van der Waals surface area contributed by atoms with Crippen molar-refractivity contribution in [2.45, 2.75) is 51.3 Å². The summed E-state index contributed by atoms with van der Waals surface area (Å²) in [7, 11) is 0. The Bertz CT molecular complexity index is 638. The number of carbonyl (C=O) groups excluding carboxylic acids is 1. The molecule has 0 bridgehead atoms. The van der Waals surface area contributed by atoms with Crippen molar-refractivity contribution in [2.75, 3.05) is 0 Å². The van der Waals surface area contributed by atoms with Crippen molar-refractivity contribution in [3.8, 4) is 0 Å². The first-order chi connectivity index (χ1) is 11.2. The number of hydrogen-bond acceptors (Lipinski definition) is 5. The number of amides is 1. The van der Waals surface area contributed by atoms with E-state index in [1.54, 1.807) is 12.5 Å². The maximum atomic E-state index is 12.2. The zero-order valence-electron chi connectivity index (χ0n) is 13.2. The highest BCUT2D eigenvalue weighted by Crippen LogP contribution is 2.27. The molecule has 0 aromatic carbocycles. The van der Waals surface area contributed by atoms with Gasteiger partial charge in [-0.05, 0) is 25.2 Å². The number of aliphatic hydroxyl groups is 1. The van der Waals surface area contributed by atoms with Gasteiger partial charge in [0.2, 0.25) is 0 Å². The highest BCUT2D eigenvalue weighted by molar-refractivity contribution is 5.92. The minimum absolute atomic E-state index is 0.248. The van der Waals surface area contributed by atoms with Gasteiger partial charge in [0, 0.05) is 25.4 Å². The highest BCUT2D eigenvalue weighted by Gasteiger charge is 2.34. The second-order valence-electron chi connectivity index (χ2n) is 6.12. The summed E-state index contributed by atoms with van der Waals surface area (Å²) in [5.41, 5.74) is 0.277. The van der Waals surface area contributed by atoms with Gasteiger partial charge < -0.3 is 19.4 Å². The first kappa shape index (κ1) is 15.7. The summed E-state index contributed by atoms with van der Waals surface area (Å²) in [6.45, 7) is 2.83. The van der Waals surface area contributed by atoms with E-state index in [0.717, 1.165) is 19.4 Å². The van der Waals surface area contributed by atoms with Crippen molar-refractivity contribution in [1.29, 1.82) is 0 Å². The van der Waals surface area contributed by atoms with Crippen molar-refractivity contribution in [3.05, 3.63) is 36.6 Å². The molecule has 1 unspecified atom stereocenters. The Morgan fingerprint density at radius 2 is 2.39 bits per heavy atom. The predicted octanol–water partition coefficient (Wildman–Crippen LogP) is 1.39. The molecule has 2 aromatic rings. The quantitative estimate of drug-likeness (QED) is 0.839. The number of hydrogen-bond donors (Lipinski definition) is 2. The molecule has 1 aliphatic carbocycles. The normalized spacial score (nSPS) is 24.0. The van der Waals surface area contributed by atoms with Crippen LogP contribution in [0.1, 0.15) is 42.6 Å². The number of rotatable bonds is 6. The minimum atomic E-state index is -0.533. The smallest absolute Gasteiger partial charge is 0.273 e. The number of nitrogens with one attached hydrogen (secondary N) is 1. The molecule has 0 aliphatic heterocycles. The van der Waals surface area contributed by atoms with Crippen LogP contribution >= 0.6 is 0 Å². The first-order valence-electron chi connectivity index (χ1n) is 8.04. The molecule has 23 heavy (non-hydrogen) atoms. The monoisotopic (exact) mass is 318 g/mol. The molecule has 7 heteroatoms. The molecule has 2 heterocycles. The molecule has 0 spiro atoms. The fraction of sp³-hybridized carbons (Fsp3) is 0.562. The lowest BCUT2D eigenvalue weighted by atomic mass is 10.1. The van der Waals surface area contributed by atoms with E-state index in [-0.39, 0.29) is 17.6 Å². The molecule has 1 fully saturated rings. The van der Waals surface area contributed by atoms with Gasteiger partial charge in [-0.1, -0.05) is 6.92 Å². The van der Waals surface area contributed by atoms with E-state index in [2.05, 4.69) is 15.3 Å². The van der Waals surface area contributed by atoms with Crippen molar-refractivity contribution in [1.82, 2.24) is 19.9 Å². The summed E-state index contributed by atoms with van der Waals surface area (Å²) >= 11 is 0. The van der Waals surface area contributed by atoms with Crippen LogP contribution in [-0.2, 0) is 13.0 Å². The average Bonchev–Trinajstić information content (AvgIpc) is 3.23. The van der Waals surface area contributed by atoms with Crippen LogP contribution in [0, 0.1) is 5.92 Å². The first-order valence-corrected chi connectivity index (χ1v) is 8.04. The van der Waals surface area contributed by atoms with Crippen LogP contribution in [-0.4, -0.2) is 37.7 Å². The summed E-state index contributed by atoms with van der Waals surface area (Å²) in [5, 5.41) is 13.1. The van der Waals surface area contributed by atoms with E-state index in [1.165, 1.54) is 6.26 Å². The second kappa shape index (κ2) is 6.95. The van der Waals surface area contributed by atoms with E-state index < -0.39 is 6.10 Å². The van der Waals surface area contributed by atoms with Crippen molar-refractivity contribution < 1.29 is 14.3 Å². The van der Waals surface area contributed by atoms with Gasteiger partial charge in [-0.2, -0.15) is 0 Å². The van der Waals surface area contributed by atoms with E-state index in [9.17, 15) is 9.90 Å². The molecule has 2 N–H and O–H groups in total. The van der Waals surface area contributed by atoms with Crippen molar-refractivity contribution in [3.63, 3.8) is 0 Å². The van der Waals surface area contributed by atoms with Gasteiger partial charge in [0.05, 0.1) is 18.5 Å². The molecule has 1 saturated carbocycles. The van der Waals surface area contributed by atoms with Gasteiger partial charge in [-0.25, -0.2) is 9.97 Å². The number of nitrogens with zero attached hydrogens (tertiary/aromatic N) is 3. The number of aryl methyl sites for hydroxylation is 1. The zero-order valence-corrected chi connectivity index (χ0v) is 13.2. The highest BCUT2D eigenvalue weighted by atomic mass is 16.3. The summed E-state index contributed by atoms with van der Waals surface area (Å²) in [5.74, 6) is 0.600. The van der Waals surface area contributed by atoms with Crippen molar-refractivity contribution >= 4 is 5.91 Å². The largest absolute Gasteiger partial charge is 0.448 e. The number of imidazole rings is 1. The molecule has 3 rings (SSSR count). The molecule has 7 nitrogen and oxygen atoms in total. The van der Waals surface area contributed by atoms with Crippen LogP contribution < -0.4 is 5.32 Å². The van der Waals surface area contributed by atoms with Crippen LogP contribution in [0.2, 0.25) is 0 Å². The van der Waals surface area contributed by atoms with Gasteiger partial charge in [0.25, 0.3) is 5.91 Å². The lowest BCUT2D eigenvalue weighted by Gasteiger charge is -2.15. The molecule has 124 valence electrons. The molecular weight excluding hydrogens is 296 g/mol. The average molecular weight is 318 g/mol. The Hall–Kier alpha value is -2.15. The lowest BCUT2D eigenvalue weighted by molar-refractivity contribution is 0.0868. The molecule has 1 amide bonds. The van der Waals surface area contributed by atoms with E-state index >= 15 is 0 Å². The van der Waals surface area contributed by atoms with Crippen molar-refractivity contribution in [2.24, 2.45) is 5.92 Å².